The van der Waals surface area contributed by atoms with Crippen LogP contribution in [0.5, 0.6) is 0 Å². The maximum atomic E-state index is 11.8. The van der Waals surface area contributed by atoms with Crippen molar-refractivity contribution in [2.45, 2.75) is 6.92 Å². The molecule has 0 aliphatic carbocycles. The maximum Gasteiger partial charge on any atom is 0.339 e. The molecule has 3 aromatic rings. The number of hydrogen-bond acceptors (Lipinski definition) is 8. The van der Waals surface area contributed by atoms with Gasteiger partial charge >= 0.3 is 5.97 Å². The van der Waals surface area contributed by atoms with Crippen molar-refractivity contribution in [1.82, 2.24) is 9.97 Å². The number of nitro benzene ring substituents is 1. The Labute approximate surface area is 173 Å². The second-order valence-corrected chi connectivity index (χ2v) is 6.90. The number of carbonyl (C=O) groups is 1. The van der Waals surface area contributed by atoms with E-state index in [0.29, 0.717) is 12.2 Å². The van der Waals surface area contributed by atoms with E-state index in [2.05, 4.69) is 19.8 Å². The first-order valence-corrected chi connectivity index (χ1v) is 9.73. The summed E-state index contributed by atoms with van der Waals surface area (Å²) < 4.78 is 4.99. The number of non-ortho nitro benzene ring substituents is 1. The van der Waals surface area contributed by atoms with Crippen LogP contribution in [0.2, 0.25) is 0 Å². The minimum atomic E-state index is -0.403. The van der Waals surface area contributed by atoms with Gasteiger partial charge in [0.2, 0.25) is 0 Å². The number of esters is 1. The van der Waals surface area contributed by atoms with Crippen LogP contribution in [0.25, 0.3) is 10.9 Å². The number of aromatic nitrogens is 2. The fraction of sp³-hybridized carbons (Fsp3) is 0.286. The zero-order valence-corrected chi connectivity index (χ0v) is 16.5. The van der Waals surface area contributed by atoms with E-state index in [-0.39, 0.29) is 11.7 Å². The molecule has 30 heavy (non-hydrogen) atoms. The van der Waals surface area contributed by atoms with E-state index < -0.39 is 4.92 Å². The number of piperazine rings is 1. The average Bonchev–Trinajstić information content (AvgIpc) is 2.78. The summed E-state index contributed by atoms with van der Waals surface area (Å²) in [5, 5.41) is 11.7. The Hall–Kier alpha value is -3.75. The van der Waals surface area contributed by atoms with Gasteiger partial charge in [-0.25, -0.2) is 14.8 Å². The first-order valence-electron chi connectivity index (χ1n) is 9.73. The van der Waals surface area contributed by atoms with Crippen molar-refractivity contribution in [2.24, 2.45) is 0 Å². The number of benzene rings is 1. The molecule has 0 atom stereocenters. The molecule has 2 aromatic heterocycles. The van der Waals surface area contributed by atoms with Gasteiger partial charge in [-0.1, -0.05) is 0 Å². The van der Waals surface area contributed by atoms with Gasteiger partial charge in [-0.15, -0.1) is 0 Å². The number of nitrogens with zero attached hydrogens (tertiary/aromatic N) is 5. The highest BCUT2D eigenvalue weighted by atomic mass is 16.6. The maximum absolute atomic E-state index is 11.8. The molecule has 1 fully saturated rings. The van der Waals surface area contributed by atoms with E-state index in [4.69, 9.17) is 4.74 Å². The molecule has 1 aromatic carbocycles. The number of hydrogen-bond donors (Lipinski definition) is 0. The molecular formula is C21H21N5O4. The monoisotopic (exact) mass is 407 g/mol. The molecule has 1 aliphatic rings. The smallest absolute Gasteiger partial charge is 0.339 e. The lowest BCUT2D eigenvalue weighted by atomic mass is 10.2. The van der Waals surface area contributed by atoms with Crippen LogP contribution >= 0.6 is 0 Å². The third-order valence-corrected chi connectivity index (χ3v) is 5.06. The number of anilines is 2. The van der Waals surface area contributed by atoms with E-state index in [1.54, 1.807) is 25.3 Å². The number of nitro groups is 1. The number of carbonyl (C=O) groups excluding carboxylic acids is 1. The predicted molar refractivity (Wildman–Crippen MR) is 113 cm³/mol. The molecule has 0 saturated carbocycles. The summed E-state index contributed by atoms with van der Waals surface area (Å²) in [6.45, 7) is 5.19. The van der Waals surface area contributed by atoms with E-state index >= 15 is 0 Å². The van der Waals surface area contributed by atoms with E-state index in [0.717, 1.165) is 48.7 Å². The number of ether oxygens (including phenoxy) is 1. The number of rotatable bonds is 5. The van der Waals surface area contributed by atoms with Gasteiger partial charge in [-0.2, -0.15) is 0 Å². The quantitative estimate of drug-likeness (QED) is 0.361. The van der Waals surface area contributed by atoms with Gasteiger partial charge in [-0.3, -0.25) is 10.1 Å². The molecule has 9 nitrogen and oxygen atoms in total. The Bertz CT molecular complexity index is 1080. The first kappa shape index (κ1) is 19.6. The molecule has 4 rings (SSSR count). The molecule has 3 heterocycles. The summed E-state index contributed by atoms with van der Waals surface area (Å²) in [7, 11) is 0. The minimum Gasteiger partial charge on any atom is -0.462 e. The summed E-state index contributed by atoms with van der Waals surface area (Å²) in [5.74, 6) is 1.30. The minimum absolute atomic E-state index is 0.0622. The molecule has 0 unspecified atom stereocenters. The van der Waals surface area contributed by atoms with Crippen molar-refractivity contribution in [3.05, 3.63) is 64.3 Å². The predicted octanol–water partition coefficient (Wildman–Crippen LogP) is 3.04. The fourth-order valence-electron chi connectivity index (χ4n) is 3.46. The van der Waals surface area contributed by atoms with Crippen LogP contribution in [0.15, 0.2) is 48.7 Å². The molecule has 0 radical (unpaired) electrons. The fourth-order valence-corrected chi connectivity index (χ4v) is 3.46. The summed E-state index contributed by atoms with van der Waals surface area (Å²) in [5.41, 5.74) is 1.24. The lowest BCUT2D eigenvalue weighted by molar-refractivity contribution is -0.384. The van der Waals surface area contributed by atoms with Crippen molar-refractivity contribution < 1.29 is 14.5 Å². The Morgan fingerprint density at radius 3 is 2.40 bits per heavy atom. The van der Waals surface area contributed by atoms with Crippen molar-refractivity contribution >= 4 is 34.2 Å². The van der Waals surface area contributed by atoms with Gasteiger partial charge < -0.3 is 14.5 Å². The van der Waals surface area contributed by atoms with Gasteiger partial charge in [-0.05, 0) is 37.3 Å². The number of pyridine rings is 2. The highest BCUT2D eigenvalue weighted by Gasteiger charge is 2.20. The molecular weight excluding hydrogens is 386 g/mol. The van der Waals surface area contributed by atoms with Crippen molar-refractivity contribution in [1.29, 1.82) is 0 Å². The largest absolute Gasteiger partial charge is 0.462 e. The van der Waals surface area contributed by atoms with E-state index in [9.17, 15) is 14.9 Å². The second kappa shape index (κ2) is 8.32. The molecule has 0 spiro atoms. The summed E-state index contributed by atoms with van der Waals surface area (Å²) in [4.78, 5) is 35.7. The zero-order valence-electron chi connectivity index (χ0n) is 16.5. The molecule has 0 bridgehead atoms. The number of fused-ring (bicyclic) bond motifs is 1. The SMILES string of the molecule is CCOC(=O)c1ccc(N2CCN(c3ccc4cc([N+](=O)[O-])ccc4n3)CC2)nc1. The highest BCUT2D eigenvalue weighted by molar-refractivity contribution is 5.89. The second-order valence-electron chi connectivity index (χ2n) is 6.90. The third-order valence-electron chi connectivity index (χ3n) is 5.06. The zero-order chi connectivity index (χ0) is 21.1. The van der Waals surface area contributed by atoms with Gasteiger partial charge in [0.05, 0.1) is 22.6 Å². The summed E-state index contributed by atoms with van der Waals surface area (Å²) in [6.07, 6.45) is 1.55. The third kappa shape index (κ3) is 4.00. The molecule has 154 valence electrons. The van der Waals surface area contributed by atoms with Crippen molar-refractivity contribution in [3.63, 3.8) is 0 Å². The van der Waals surface area contributed by atoms with Gasteiger partial charge in [0.25, 0.3) is 5.69 Å². The van der Waals surface area contributed by atoms with Gasteiger partial charge in [0.15, 0.2) is 0 Å². The first-order chi connectivity index (χ1) is 14.5. The molecule has 0 amide bonds. The molecule has 9 heteroatoms. The highest BCUT2D eigenvalue weighted by Crippen LogP contribution is 2.24. The van der Waals surface area contributed by atoms with Crippen LogP contribution in [0, 0.1) is 10.1 Å². The van der Waals surface area contributed by atoms with Crippen LogP contribution in [-0.4, -0.2) is 53.6 Å². The van der Waals surface area contributed by atoms with Gasteiger partial charge in [0.1, 0.15) is 11.6 Å². The van der Waals surface area contributed by atoms with Crippen molar-refractivity contribution in [2.75, 3.05) is 42.6 Å². The topological polar surface area (TPSA) is 102 Å². The van der Waals surface area contributed by atoms with Crippen LogP contribution in [0.1, 0.15) is 17.3 Å². The molecule has 1 aliphatic heterocycles. The Balaban J connectivity index is 1.42. The molecule has 1 saturated heterocycles. The van der Waals surface area contributed by atoms with Crippen LogP contribution in [0.3, 0.4) is 0 Å². The standard InChI is InChI=1S/C21H21N5O4/c1-2-30-21(27)16-4-7-19(22-14-16)24-9-11-25(12-10-24)20-8-3-15-13-17(26(28)29)5-6-18(15)23-20/h3-8,13-14H,2,9-12H2,1H3. The van der Waals surface area contributed by atoms with Gasteiger partial charge in [0, 0.05) is 49.9 Å². The lowest BCUT2D eigenvalue weighted by Gasteiger charge is -2.36. The Kier molecular flexibility index (Phi) is 5.42. The van der Waals surface area contributed by atoms with Crippen LogP contribution < -0.4 is 9.80 Å². The summed E-state index contributed by atoms with van der Waals surface area (Å²) in [6, 6.07) is 12.0. The molecule has 0 N–H and O–H groups in total. The Morgan fingerprint density at radius 1 is 1.07 bits per heavy atom. The van der Waals surface area contributed by atoms with Crippen LogP contribution in [0.4, 0.5) is 17.3 Å². The normalized spacial score (nSPS) is 14.0. The van der Waals surface area contributed by atoms with Crippen molar-refractivity contribution in [3.8, 4) is 0 Å². The van der Waals surface area contributed by atoms with E-state index in [1.165, 1.54) is 12.1 Å². The Morgan fingerprint density at radius 2 is 1.77 bits per heavy atom. The van der Waals surface area contributed by atoms with E-state index in [1.807, 2.05) is 18.2 Å². The summed E-state index contributed by atoms with van der Waals surface area (Å²) >= 11 is 0. The lowest BCUT2D eigenvalue weighted by Crippen LogP contribution is -2.47. The van der Waals surface area contributed by atoms with Crippen LogP contribution in [-0.2, 0) is 4.74 Å². The average molecular weight is 407 g/mol.